The van der Waals surface area contributed by atoms with Crippen LogP contribution >= 0.6 is 0 Å². The van der Waals surface area contributed by atoms with Gasteiger partial charge in [-0.15, -0.1) is 5.10 Å². The van der Waals surface area contributed by atoms with Gasteiger partial charge < -0.3 is 19.4 Å². The summed E-state index contributed by atoms with van der Waals surface area (Å²) in [6.07, 6.45) is 7.11. The number of para-hydroxylation sites is 1. The van der Waals surface area contributed by atoms with Crippen LogP contribution in [0.15, 0.2) is 60.8 Å². The molecule has 6 rings (SSSR count). The van der Waals surface area contributed by atoms with Crippen LogP contribution in [0.25, 0.3) is 11.0 Å². The number of hydrogen-bond donors (Lipinski definition) is 1. The first-order chi connectivity index (χ1) is 18.6. The zero-order chi connectivity index (χ0) is 26.1. The number of hydrogen-bond acceptors (Lipinski definition) is 6. The van der Waals surface area contributed by atoms with Crippen LogP contribution in [-0.4, -0.2) is 44.2 Å². The van der Waals surface area contributed by atoms with Crippen LogP contribution in [-0.2, 0) is 23.2 Å². The molecule has 0 radical (unpaired) electrons. The van der Waals surface area contributed by atoms with Crippen LogP contribution in [0, 0.1) is 0 Å². The number of aryl methyl sites for hydroxylation is 1. The second kappa shape index (κ2) is 10.2. The molecular weight excluding hydrogens is 484 g/mol. The third kappa shape index (κ3) is 4.57. The zero-order valence-corrected chi connectivity index (χ0v) is 21.2. The van der Waals surface area contributed by atoms with Crippen molar-refractivity contribution in [3.05, 3.63) is 66.5 Å². The lowest BCUT2D eigenvalue weighted by atomic mass is 9.95. The Kier molecular flexibility index (Phi) is 6.45. The summed E-state index contributed by atoms with van der Waals surface area (Å²) in [5.74, 6) is 0.619. The monoisotopic (exact) mass is 514 g/mol. The maximum Gasteiger partial charge on any atom is 0.249 e. The summed E-state index contributed by atoms with van der Waals surface area (Å²) in [5, 5.41) is 11.7. The molecule has 10 heteroatoms. The third-order valence-corrected chi connectivity index (χ3v) is 7.33. The topological polar surface area (TPSA) is 104 Å². The summed E-state index contributed by atoms with van der Waals surface area (Å²) in [7, 11) is 1.88. The van der Waals surface area contributed by atoms with Crippen molar-refractivity contribution >= 4 is 28.5 Å². The molecule has 2 aromatic heterocycles. The molecular formula is C28H30N6O4. The second-order valence-corrected chi connectivity index (χ2v) is 9.83. The summed E-state index contributed by atoms with van der Waals surface area (Å²) in [4.78, 5) is 29.7. The molecule has 1 unspecified atom stereocenters. The van der Waals surface area contributed by atoms with Crippen molar-refractivity contribution in [2.75, 3.05) is 11.7 Å². The smallest absolute Gasteiger partial charge is 0.249 e. The molecule has 1 aliphatic carbocycles. The van der Waals surface area contributed by atoms with Crippen molar-refractivity contribution in [3.8, 4) is 11.5 Å². The molecule has 0 spiro atoms. The fourth-order valence-electron chi connectivity index (χ4n) is 5.38. The highest BCUT2D eigenvalue weighted by Gasteiger charge is 2.36. The van der Waals surface area contributed by atoms with Gasteiger partial charge in [-0.25, -0.2) is 4.68 Å². The number of amides is 2. The summed E-state index contributed by atoms with van der Waals surface area (Å²) in [6, 6.07) is 15.7. The normalized spacial score (nSPS) is 15.9. The summed E-state index contributed by atoms with van der Waals surface area (Å²) in [5.41, 5.74) is 2.68. The molecule has 1 aliphatic heterocycles. The van der Waals surface area contributed by atoms with Gasteiger partial charge in [0.25, 0.3) is 0 Å². The molecule has 1 atom stereocenters. The number of anilines is 1. The van der Waals surface area contributed by atoms with Gasteiger partial charge >= 0.3 is 0 Å². The average molecular weight is 515 g/mol. The quantitative estimate of drug-likeness (QED) is 0.403. The highest BCUT2D eigenvalue weighted by molar-refractivity contribution is 6.01. The van der Waals surface area contributed by atoms with Crippen molar-refractivity contribution in [2.45, 2.75) is 50.7 Å². The van der Waals surface area contributed by atoms with Crippen molar-refractivity contribution in [3.63, 3.8) is 0 Å². The van der Waals surface area contributed by atoms with E-state index < -0.39 is 6.04 Å². The van der Waals surface area contributed by atoms with Crippen LogP contribution in [0.4, 0.5) is 5.69 Å². The van der Waals surface area contributed by atoms with Crippen molar-refractivity contribution < 1.29 is 19.1 Å². The Morgan fingerprint density at radius 2 is 1.87 bits per heavy atom. The Morgan fingerprint density at radius 1 is 1.05 bits per heavy atom. The van der Waals surface area contributed by atoms with Crippen LogP contribution in [0.1, 0.15) is 43.8 Å². The maximum absolute atomic E-state index is 14.2. The van der Waals surface area contributed by atoms with Gasteiger partial charge in [0.2, 0.25) is 18.6 Å². The lowest BCUT2D eigenvalue weighted by Gasteiger charge is -2.33. The maximum atomic E-state index is 14.2. The van der Waals surface area contributed by atoms with Crippen LogP contribution in [0.5, 0.6) is 11.5 Å². The molecule has 3 heterocycles. The molecule has 2 aliphatic rings. The molecule has 2 aromatic carbocycles. The van der Waals surface area contributed by atoms with Gasteiger partial charge in [0.1, 0.15) is 12.1 Å². The summed E-state index contributed by atoms with van der Waals surface area (Å²) >= 11 is 0. The Bertz CT molecular complexity index is 1470. The highest BCUT2D eigenvalue weighted by Crippen LogP contribution is 2.38. The SMILES string of the molecule is Cn1cccc1C(C(=O)NC1CCCCC1)N(C(=O)Cn1nnc2ccccc21)c1ccc2c(c1)OCO2. The number of nitrogens with one attached hydrogen (secondary N) is 1. The average Bonchev–Trinajstić information content (AvgIpc) is 3.67. The predicted octanol–water partition coefficient (Wildman–Crippen LogP) is 3.72. The molecule has 4 aromatic rings. The molecule has 0 saturated heterocycles. The predicted molar refractivity (Wildman–Crippen MR) is 141 cm³/mol. The van der Waals surface area contributed by atoms with E-state index in [1.54, 1.807) is 27.8 Å². The summed E-state index contributed by atoms with van der Waals surface area (Å²) < 4.78 is 14.6. The van der Waals surface area contributed by atoms with Crippen molar-refractivity contribution in [1.82, 2.24) is 24.9 Å². The Hall–Kier alpha value is -4.34. The largest absolute Gasteiger partial charge is 0.454 e. The number of carbonyl (C=O) groups excluding carboxylic acids is 2. The van der Waals surface area contributed by atoms with Gasteiger partial charge in [-0.05, 0) is 49.2 Å². The molecule has 10 nitrogen and oxygen atoms in total. The fourth-order valence-corrected chi connectivity index (χ4v) is 5.38. The lowest BCUT2D eigenvalue weighted by molar-refractivity contribution is -0.127. The number of ether oxygens (including phenoxy) is 2. The number of benzene rings is 2. The first-order valence-corrected chi connectivity index (χ1v) is 13.0. The number of fused-ring (bicyclic) bond motifs is 2. The van der Waals surface area contributed by atoms with Crippen molar-refractivity contribution in [1.29, 1.82) is 0 Å². The lowest BCUT2D eigenvalue weighted by Crippen LogP contribution is -2.48. The van der Waals surface area contributed by atoms with Gasteiger partial charge in [-0.2, -0.15) is 0 Å². The van der Waals surface area contributed by atoms with E-state index in [9.17, 15) is 9.59 Å². The van der Waals surface area contributed by atoms with E-state index in [1.807, 2.05) is 54.2 Å². The molecule has 1 saturated carbocycles. The van der Waals surface area contributed by atoms with Crippen LogP contribution < -0.4 is 19.7 Å². The van der Waals surface area contributed by atoms with Gasteiger partial charge in [0.05, 0.1) is 11.2 Å². The van der Waals surface area contributed by atoms with E-state index in [0.29, 0.717) is 28.4 Å². The molecule has 1 fully saturated rings. The van der Waals surface area contributed by atoms with Crippen molar-refractivity contribution in [2.24, 2.45) is 7.05 Å². The minimum atomic E-state index is -0.903. The third-order valence-electron chi connectivity index (χ3n) is 7.33. The first-order valence-electron chi connectivity index (χ1n) is 13.0. The molecule has 196 valence electrons. The Labute approximate surface area is 220 Å². The minimum absolute atomic E-state index is 0.0898. The second-order valence-electron chi connectivity index (χ2n) is 9.83. The van der Waals surface area contributed by atoms with E-state index in [2.05, 4.69) is 15.6 Å². The number of nitrogens with zero attached hydrogens (tertiary/aromatic N) is 5. The van der Waals surface area contributed by atoms with Crippen LogP contribution in [0.3, 0.4) is 0 Å². The number of carbonyl (C=O) groups is 2. The van der Waals surface area contributed by atoms with Crippen LogP contribution in [0.2, 0.25) is 0 Å². The van der Waals surface area contributed by atoms with E-state index >= 15 is 0 Å². The fraction of sp³-hybridized carbons (Fsp3) is 0.357. The highest BCUT2D eigenvalue weighted by atomic mass is 16.7. The number of rotatable bonds is 7. The Balaban J connectivity index is 1.41. The van der Waals surface area contributed by atoms with Gasteiger partial charge in [-0.1, -0.05) is 36.6 Å². The Morgan fingerprint density at radius 3 is 2.68 bits per heavy atom. The van der Waals surface area contributed by atoms with E-state index in [4.69, 9.17) is 9.47 Å². The first kappa shape index (κ1) is 24.0. The molecule has 1 N–H and O–H groups in total. The van der Waals surface area contributed by atoms with E-state index in [1.165, 1.54) is 6.42 Å². The number of aromatic nitrogens is 4. The molecule has 38 heavy (non-hydrogen) atoms. The standard InChI is InChI=1S/C28H30N6O4/c1-32-15-7-12-23(32)27(28(36)29-19-8-3-2-4-9-19)34(20-13-14-24-25(16-20)38-18-37-24)26(35)17-33-22-11-6-5-10-21(22)30-31-33/h5-7,10-16,19,27H,2-4,8-9,17-18H2,1H3,(H,29,36). The zero-order valence-electron chi connectivity index (χ0n) is 21.2. The molecule has 0 bridgehead atoms. The van der Waals surface area contributed by atoms with Gasteiger partial charge in [-0.3, -0.25) is 14.5 Å². The minimum Gasteiger partial charge on any atom is -0.454 e. The van der Waals surface area contributed by atoms with E-state index in [0.717, 1.165) is 31.2 Å². The van der Waals surface area contributed by atoms with E-state index in [-0.39, 0.29) is 31.2 Å². The summed E-state index contributed by atoms with van der Waals surface area (Å²) in [6.45, 7) is 0.0215. The van der Waals surface area contributed by atoms with Gasteiger partial charge in [0, 0.05) is 31.0 Å². The molecule has 2 amide bonds. The van der Waals surface area contributed by atoms with Gasteiger partial charge in [0.15, 0.2) is 17.5 Å².